The highest BCUT2D eigenvalue weighted by molar-refractivity contribution is 6.08. The molecular formula is C19H14FN3O2. The molecule has 0 fully saturated rings. The van der Waals surface area contributed by atoms with Gasteiger partial charge >= 0.3 is 0 Å². The van der Waals surface area contributed by atoms with Crippen LogP contribution >= 0.6 is 0 Å². The maximum Gasteiger partial charge on any atom is 0.259 e. The molecule has 124 valence electrons. The van der Waals surface area contributed by atoms with E-state index < -0.39 is 5.82 Å². The highest BCUT2D eigenvalue weighted by atomic mass is 19.1. The summed E-state index contributed by atoms with van der Waals surface area (Å²) in [5.74, 6) is 0.343. The molecular weight excluding hydrogens is 321 g/mol. The lowest BCUT2D eigenvalue weighted by Gasteiger charge is -2.12. The van der Waals surface area contributed by atoms with E-state index in [0.717, 1.165) is 0 Å². The van der Waals surface area contributed by atoms with Crippen molar-refractivity contribution in [2.75, 3.05) is 16.4 Å². The van der Waals surface area contributed by atoms with E-state index in [1.807, 2.05) is 12.1 Å². The Morgan fingerprint density at radius 3 is 2.68 bits per heavy atom. The van der Waals surface area contributed by atoms with Crippen LogP contribution in [0.1, 0.15) is 10.4 Å². The summed E-state index contributed by atoms with van der Waals surface area (Å²) >= 11 is 0. The topological polar surface area (TPSA) is 76.4 Å². The van der Waals surface area contributed by atoms with Crippen molar-refractivity contribution in [3.05, 3.63) is 72.0 Å². The Morgan fingerprint density at radius 2 is 1.84 bits per heavy atom. The molecule has 0 spiro atoms. The van der Waals surface area contributed by atoms with Gasteiger partial charge in [0.15, 0.2) is 5.75 Å². The van der Waals surface area contributed by atoms with Crippen LogP contribution in [0.15, 0.2) is 60.7 Å². The molecule has 0 atom stereocenters. The molecule has 0 saturated carbocycles. The van der Waals surface area contributed by atoms with Gasteiger partial charge in [0, 0.05) is 11.8 Å². The van der Waals surface area contributed by atoms with Crippen molar-refractivity contribution in [3.63, 3.8) is 0 Å². The number of ether oxygens (including phenoxy) is 1. The molecule has 0 unspecified atom stereocenters. The Labute approximate surface area is 143 Å². The van der Waals surface area contributed by atoms with Gasteiger partial charge in [0.05, 0.1) is 22.6 Å². The largest absolute Gasteiger partial charge is 0.454 e. The number of halogens is 1. The number of hydrogen-bond acceptors (Lipinski definition) is 4. The Balaban J connectivity index is 1.70. The zero-order chi connectivity index (χ0) is 17.4. The summed E-state index contributed by atoms with van der Waals surface area (Å²) in [6.07, 6.45) is 0. The van der Waals surface area contributed by atoms with E-state index in [9.17, 15) is 9.18 Å². The first kappa shape index (κ1) is 15.0. The summed E-state index contributed by atoms with van der Waals surface area (Å²) in [4.78, 5) is 12.4. The van der Waals surface area contributed by atoms with Crippen LogP contribution in [0.5, 0.6) is 11.5 Å². The van der Waals surface area contributed by atoms with Crippen molar-refractivity contribution in [2.24, 2.45) is 0 Å². The number of rotatable bonds is 2. The Bertz CT molecular complexity index is 988. The standard InChI is InChI=1S/C19H14FN3O2/c20-11-5-8-15(14(21)9-11)22-12-6-7-13-18(10-12)25-17-4-2-1-3-16(17)23-19(13)24/h1-10,22H,21H2,(H,23,24). The average Bonchev–Trinajstić information content (AvgIpc) is 2.73. The molecule has 0 radical (unpaired) electrons. The first-order valence-corrected chi connectivity index (χ1v) is 7.64. The van der Waals surface area contributed by atoms with Crippen LogP contribution < -0.4 is 21.1 Å². The third-order valence-corrected chi connectivity index (χ3v) is 3.87. The summed E-state index contributed by atoms with van der Waals surface area (Å²) in [6, 6.07) is 16.4. The number of benzene rings is 3. The van der Waals surface area contributed by atoms with Crippen molar-refractivity contribution < 1.29 is 13.9 Å². The average molecular weight is 335 g/mol. The number of hydrogen-bond donors (Lipinski definition) is 3. The first-order chi connectivity index (χ1) is 12.1. The number of amides is 1. The molecule has 3 aromatic carbocycles. The number of carbonyl (C=O) groups is 1. The summed E-state index contributed by atoms with van der Waals surface area (Å²) in [6.45, 7) is 0. The van der Waals surface area contributed by atoms with Gasteiger partial charge in [-0.05, 0) is 42.5 Å². The normalized spacial score (nSPS) is 12.3. The molecule has 1 heterocycles. The molecule has 1 aliphatic rings. The molecule has 4 N–H and O–H groups in total. The third kappa shape index (κ3) is 2.85. The quantitative estimate of drug-likeness (QED) is 0.602. The summed E-state index contributed by atoms with van der Waals surface area (Å²) in [5.41, 5.74) is 8.39. The monoisotopic (exact) mass is 335 g/mol. The Morgan fingerprint density at radius 1 is 1.00 bits per heavy atom. The molecule has 1 aliphatic heterocycles. The number of para-hydroxylation sites is 2. The lowest BCUT2D eigenvalue weighted by atomic mass is 10.1. The molecule has 0 aliphatic carbocycles. The van der Waals surface area contributed by atoms with Crippen molar-refractivity contribution in [1.82, 2.24) is 0 Å². The number of nitrogens with one attached hydrogen (secondary N) is 2. The highest BCUT2D eigenvalue weighted by Gasteiger charge is 2.20. The minimum Gasteiger partial charge on any atom is -0.454 e. The number of anilines is 4. The van der Waals surface area contributed by atoms with Crippen molar-refractivity contribution in [1.29, 1.82) is 0 Å². The van der Waals surface area contributed by atoms with E-state index in [2.05, 4.69) is 10.6 Å². The predicted molar refractivity (Wildman–Crippen MR) is 95.0 cm³/mol. The van der Waals surface area contributed by atoms with Crippen LogP contribution in [0, 0.1) is 5.82 Å². The lowest BCUT2D eigenvalue weighted by Crippen LogP contribution is -2.10. The third-order valence-electron chi connectivity index (χ3n) is 3.87. The van der Waals surface area contributed by atoms with E-state index in [1.165, 1.54) is 12.1 Å². The number of carbonyl (C=O) groups excluding carboxylic acids is 1. The second-order valence-electron chi connectivity index (χ2n) is 5.62. The van der Waals surface area contributed by atoms with Gasteiger partial charge in [-0.2, -0.15) is 0 Å². The molecule has 5 nitrogen and oxygen atoms in total. The van der Waals surface area contributed by atoms with Crippen LogP contribution in [-0.4, -0.2) is 5.91 Å². The van der Waals surface area contributed by atoms with Gasteiger partial charge in [0.25, 0.3) is 5.91 Å². The molecule has 25 heavy (non-hydrogen) atoms. The van der Waals surface area contributed by atoms with Gasteiger partial charge in [-0.3, -0.25) is 4.79 Å². The molecule has 4 rings (SSSR count). The van der Waals surface area contributed by atoms with E-state index in [-0.39, 0.29) is 5.91 Å². The SMILES string of the molecule is Nc1cc(F)ccc1Nc1ccc2c(c1)Oc1ccccc1NC2=O. The van der Waals surface area contributed by atoms with E-state index in [0.29, 0.717) is 39.8 Å². The zero-order valence-electron chi connectivity index (χ0n) is 13.0. The van der Waals surface area contributed by atoms with Gasteiger partial charge in [-0.25, -0.2) is 4.39 Å². The predicted octanol–water partition coefficient (Wildman–Crippen LogP) is 4.51. The van der Waals surface area contributed by atoms with E-state index >= 15 is 0 Å². The molecule has 6 heteroatoms. The number of nitrogen functional groups attached to an aromatic ring is 1. The fourth-order valence-corrected chi connectivity index (χ4v) is 2.64. The maximum absolute atomic E-state index is 13.2. The van der Waals surface area contributed by atoms with Gasteiger partial charge in [-0.15, -0.1) is 0 Å². The second-order valence-corrected chi connectivity index (χ2v) is 5.62. The van der Waals surface area contributed by atoms with E-state index in [4.69, 9.17) is 10.5 Å². The lowest BCUT2D eigenvalue weighted by molar-refractivity contribution is 0.102. The summed E-state index contributed by atoms with van der Waals surface area (Å²) in [5, 5.41) is 5.92. The molecule has 0 saturated heterocycles. The molecule has 1 amide bonds. The fraction of sp³-hybridized carbons (Fsp3) is 0. The smallest absolute Gasteiger partial charge is 0.259 e. The van der Waals surface area contributed by atoms with Gasteiger partial charge in [-0.1, -0.05) is 12.1 Å². The van der Waals surface area contributed by atoms with Crippen LogP contribution in [-0.2, 0) is 0 Å². The number of fused-ring (bicyclic) bond motifs is 2. The van der Waals surface area contributed by atoms with Crippen LogP contribution in [0.3, 0.4) is 0 Å². The Kier molecular flexibility index (Phi) is 3.50. The molecule has 3 aromatic rings. The minimum atomic E-state index is -0.401. The number of nitrogens with two attached hydrogens (primary N) is 1. The van der Waals surface area contributed by atoms with Crippen molar-refractivity contribution in [2.45, 2.75) is 0 Å². The van der Waals surface area contributed by atoms with Crippen LogP contribution in [0.2, 0.25) is 0 Å². The fourth-order valence-electron chi connectivity index (χ4n) is 2.64. The van der Waals surface area contributed by atoms with Gasteiger partial charge < -0.3 is 21.1 Å². The van der Waals surface area contributed by atoms with Gasteiger partial charge in [0.2, 0.25) is 0 Å². The van der Waals surface area contributed by atoms with E-state index in [1.54, 1.807) is 36.4 Å². The summed E-state index contributed by atoms with van der Waals surface area (Å²) < 4.78 is 19.1. The van der Waals surface area contributed by atoms with Crippen molar-refractivity contribution >= 4 is 28.7 Å². The summed E-state index contributed by atoms with van der Waals surface area (Å²) in [7, 11) is 0. The Hall–Kier alpha value is -3.54. The molecule has 0 bridgehead atoms. The highest BCUT2D eigenvalue weighted by Crippen LogP contribution is 2.37. The first-order valence-electron chi connectivity index (χ1n) is 7.64. The van der Waals surface area contributed by atoms with Crippen molar-refractivity contribution in [3.8, 4) is 11.5 Å². The van der Waals surface area contributed by atoms with Crippen LogP contribution in [0.25, 0.3) is 0 Å². The maximum atomic E-state index is 13.2. The van der Waals surface area contributed by atoms with Crippen LogP contribution in [0.4, 0.5) is 27.1 Å². The van der Waals surface area contributed by atoms with Gasteiger partial charge in [0.1, 0.15) is 11.6 Å². The second kappa shape index (κ2) is 5.83. The zero-order valence-corrected chi connectivity index (χ0v) is 13.0. The molecule has 0 aromatic heterocycles. The minimum absolute atomic E-state index is 0.243.